The fraction of sp³-hybridized carbons (Fsp3) is 0.240. The number of carbonyl (C=O) groups is 2. The van der Waals surface area contributed by atoms with E-state index in [4.69, 9.17) is 19.7 Å². The quantitative estimate of drug-likeness (QED) is 0.147. The zero-order valence-electron chi connectivity index (χ0n) is 19.3. The van der Waals surface area contributed by atoms with Gasteiger partial charge < -0.3 is 30.3 Å². The molecule has 5 N–H and O–H groups in total. The molecule has 0 amide bonds. The maximum atomic E-state index is 13.2. The second-order valence-electron chi connectivity index (χ2n) is 7.55. The minimum absolute atomic E-state index is 0.000725. The predicted octanol–water partition coefficient (Wildman–Crippen LogP) is 2.02. The molecule has 0 atom stereocenters. The van der Waals surface area contributed by atoms with E-state index in [1.165, 1.54) is 6.08 Å². The molecule has 0 spiro atoms. The highest BCUT2D eigenvalue weighted by molar-refractivity contribution is 6.25. The molecular formula is C25H28N4O6. The Balaban J connectivity index is 1.91. The first-order valence-corrected chi connectivity index (χ1v) is 11.0. The van der Waals surface area contributed by atoms with Crippen molar-refractivity contribution in [2.75, 3.05) is 37.0 Å². The van der Waals surface area contributed by atoms with Gasteiger partial charge in [0.15, 0.2) is 11.3 Å². The van der Waals surface area contributed by atoms with Crippen LogP contribution in [0, 0.1) is 6.92 Å². The number of hydrazone groups is 1. The number of ether oxygens (including phenoxy) is 2. The van der Waals surface area contributed by atoms with Crippen LogP contribution in [-0.2, 0) is 19.1 Å². The molecule has 0 bridgehead atoms. The molecule has 0 fully saturated rings. The number of hydrogen-bond acceptors (Lipinski definition) is 10. The molecule has 2 heterocycles. The minimum Gasteiger partial charge on any atom is -0.462 e. The van der Waals surface area contributed by atoms with Crippen LogP contribution >= 0.6 is 0 Å². The normalized spacial score (nSPS) is 19.7. The Kier molecular flexibility index (Phi) is 8.99. The first kappa shape index (κ1) is 25.5. The summed E-state index contributed by atoms with van der Waals surface area (Å²) in [4.78, 5) is 25.9. The van der Waals surface area contributed by atoms with E-state index in [1.54, 1.807) is 36.7 Å². The van der Waals surface area contributed by atoms with Crippen molar-refractivity contribution >= 4 is 29.3 Å². The molecule has 1 aromatic rings. The minimum atomic E-state index is -0.860. The summed E-state index contributed by atoms with van der Waals surface area (Å²) >= 11 is 0. The lowest BCUT2D eigenvalue weighted by Crippen LogP contribution is -2.17. The standard InChI is InChI=1S/C25H28N4O6/c1-16-5-3-8-27-28-15-18(16)14-21-23(32)22(25(33)34-12-4-10-30)24(35-21)29-20-7-6-19(13-17(20)2)26-9-11-31/h3,5-8,13-15,26,28-31H,1,4,9-12H2,2H3/b5-3-,18-15-,21-14-,27-8-. The maximum absolute atomic E-state index is 13.2. The number of ketones is 1. The van der Waals surface area contributed by atoms with Crippen molar-refractivity contribution in [3.63, 3.8) is 0 Å². The number of carbonyl (C=O) groups excluding carboxylic acids is 2. The van der Waals surface area contributed by atoms with E-state index in [2.05, 4.69) is 27.7 Å². The summed E-state index contributed by atoms with van der Waals surface area (Å²) in [6, 6.07) is 5.41. The van der Waals surface area contributed by atoms with Gasteiger partial charge in [-0.05, 0) is 48.4 Å². The Morgan fingerprint density at radius 3 is 2.89 bits per heavy atom. The number of nitrogens with one attached hydrogen (secondary N) is 3. The van der Waals surface area contributed by atoms with E-state index in [0.29, 0.717) is 23.4 Å². The summed E-state index contributed by atoms with van der Waals surface area (Å²) < 4.78 is 11.0. The summed E-state index contributed by atoms with van der Waals surface area (Å²) in [5, 5.41) is 28.0. The number of rotatable bonds is 10. The van der Waals surface area contributed by atoms with Gasteiger partial charge in [-0.25, -0.2) is 4.79 Å². The van der Waals surface area contributed by atoms with Crippen LogP contribution in [0.1, 0.15) is 12.0 Å². The largest absolute Gasteiger partial charge is 0.462 e. The van der Waals surface area contributed by atoms with Crippen LogP contribution in [0.3, 0.4) is 0 Å². The molecule has 35 heavy (non-hydrogen) atoms. The molecule has 184 valence electrons. The molecule has 0 saturated carbocycles. The highest BCUT2D eigenvalue weighted by atomic mass is 16.5. The van der Waals surface area contributed by atoms with Crippen LogP contribution in [0.15, 0.2) is 82.7 Å². The van der Waals surface area contributed by atoms with Gasteiger partial charge in [0.05, 0.1) is 13.2 Å². The SMILES string of the molecule is C=C1/C=C\C=N/N/C=C1/C=C1\OC(Nc2ccc(NCCO)cc2C)=C(C(=O)OCCCO)C1=O. The monoisotopic (exact) mass is 480 g/mol. The van der Waals surface area contributed by atoms with Crippen LogP contribution in [-0.4, -0.2) is 54.5 Å². The predicted molar refractivity (Wildman–Crippen MR) is 132 cm³/mol. The van der Waals surface area contributed by atoms with Gasteiger partial charge in [0.1, 0.15) is 0 Å². The van der Waals surface area contributed by atoms with E-state index >= 15 is 0 Å². The lowest BCUT2D eigenvalue weighted by molar-refractivity contribution is -0.140. The molecular weight excluding hydrogens is 452 g/mol. The van der Waals surface area contributed by atoms with Crippen molar-refractivity contribution in [3.8, 4) is 0 Å². The van der Waals surface area contributed by atoms with Crippen molar-refractivity contribution in [2.24, 2.45) is 5.10 Å². The zero-order valence-corrected chi connectivity index (χ0v) is 19.3. The van der Waals surface area contributed by atoms with Crippen molar-refractivity contribution in [1.82, 2.24) is 5.43 Å². The van der Waals surface area contributed by atoms with Crippen molar-refractivity contribution < 1.29 is 29.3 Å². The number of Topliss-reactive ketones (excluding diaryl/α,β-unsaturated/α-hetero) is 1. The van der Waals surface area contributed by atoms with E-state index in [-0.39, 0.29) is 43.5 Å². The molecule has 1 aromatic carbocycles. The number of esters is 1. The highest BCUT2D eigenvalue weighted by Gasteiger charge is 2.37. The van der Waals surface area contributed by atoms with Crippen LogP contribution in [0.5, 0.6) is 0 Å². The topological polar surface area (TPSA) is 142 Å². The number of nitrogens with zero attached hydrogens (tertiary/aromatic N) is 1. The number of aliphatic hydroxyl groups excluding tert-OH is 2. The number of aliphatic hydroxyl groups is 2. The average Bonchev–Trinajstić information content (AvgIpc) is 3.13. The molecule has 10 nitrogen and oxygen atoms in total. The van der Waals surface area contributed by atoms with Crippen LogP contribution < -0.4 is 16.1 Å². The first-order chi connectivity index (χ1) is 16.9. The second-order valence-corrected chi connectivity index (χ2v) is 7.55. The maximum Gasteiger partial charge on any atom is 0.347 e. The van der Waals surface area contributed by atoms with E-state index in [0.717, 1.165) is 11.3 Å². The smallest absolute Gasteiger partial charge is 0.347 e. The second kappa shape index (κ2) is 12.4. The molecule has 3 rings (SSSR count). The molecule has 2 aliphatic rings. The van der Waals surface area contributed by atoms with Gasteiger partial charge in [-0.1, -0.05) is 12.7 Å². The number of anilines is 2. The molecule has 0 radical (unpaired) electrons. The number of allylic oxidation sites excluding steroid dienone is 6. The van der Waals surface area contributed by atoms with Gasteiger partial charge in [-0.2, -0.15) is 5.10 Å². The summed E-state index contributed by atoms with van der Waals surface area (Å²) in [5.41, 5.74) is 5.80. The van der Waals surface area contributed by atoms with Gasteiger partial charge in [-0.15, -0.1) is 0 Å². The molecule has 0 saturated heterocycles. The Morgan fingerprint density at radius 1 is 1.31 bits per heavy atom. The molecule has 0 aromatic heterocycles. The molecule has 0 aliphatic carbocycles. The van der Waals surface area contributed by atoms with Crippen molar-refractivity contribution in [3.05, 3.63) is 83.1 Å². The first-order valence-electron chi connectivity index (χ1n) is 11.0. The third-order valence-electron chi connectivity index (χ3n) is 4.96. The summed E-state index contributed by atoms with van der Waals surface area (Å²) in [6.45, 7) is 6.02. The van der Waals surface area contributed by atoms with Crippen LogP contribution in [0.2, 0.25) is 0 Å². The Labute approximate surface area is 203 Å². The molecule has 2 aliphatic heterocycles. The zero-order chi connectivity index (χ0) is 25.2. The lowest BCUT2D eigenvalue weighted by atomic mass is 10.1. The van der Waals surface area contributed by atoms with E-state index < -0.39 is 11.8 Å². The Bertz CT molecular complexity index is 1150. The Morgan fingerprint density at radius 2 is 2.14 bits per heavy atom. The summed E-state index contributed by atoms with van der Waals surface area (Å²) in [6.07, 6.45) is 8.23. The van der Waals surface area contributed by atoms with Crippen LogP contribution in [0.4, 0.5) is 11.4 Å². The van der Waals surface area contributed by atoms with Crippen molar-refractivity contribution in [2.45, 2.75) is 13.3 Å². The highest BCUT2D eigenvalue weighted by Crippen LogP contribution is 2.31. The summed E-state index contributed by atoms with van der Waals surface area (Å²) in [7, 11) is 0. The van der Waals surface area contributed by atoms with Crippen LogP contribution in [0.25, 0.3) is 0 Å². The number of hydrogen-bond donors (Lipinski definition) is 5. The molecule has 0 unspecified atom stereocenters. The fourth-order valence-electron chi connectivity index (χ4n) is 3.16. The third-order valence-corrected chi connectivity index (χ3v) is 4.96. The van der Waals surface area contributed by atoms with Gasteiger partial charge >= 0.3 is 5.97 Å². The van der Waals surface area contributed by atoms with E-state index in [1.807, 2.05) is 13.0 Å². The fourth-order valence-corrected chi connectivity index (χ4v) is 3.16. The average molecular weight is 481 g/mol. The Hall–Kier alpha value is -4.15. The number of aryl methyl sites for hydroxylation is 1. The van der Waals surface area contributed by atoms with Gasteiger partial charge in [0.25, 0.3) is 0 Å². The van der Waals surface area contributed by atoms with Gasteiger partial charge in [0, 0.05) is 48.9 Å². The van der Waals surface area contributed by atoms with Gasteiger partial charge in [-0.3, -0.25) is 10.2 Å². The summed E-state index contributed by atoms with van der Waals surface area (Å²) in [5.74, 6) is -1.66. The van der Waals surface area contributed by atoms with Crippen molar-refractivity contribution in [1.29, 1.82) is 0 Å². The van der Waals surface area contributed by atoms with Gasteiger partial charge in [0.2, 0.25) is 11.7 Å². The molecule has 10 heteroatoms. The third kappa shape index (κ3) is 6.69. The van der Waals surface area contributed by atoms with E-state index in [9.17, 15) is 9.59 Å². The lowest BCUT2D eigenvalue weighted by Gasteiger charge is -2.13. The number of benzene rings is 1.